The quantitative estimate of drug-likeness (QED) is 0.321. The van der Waals surface area contributed by atoms with E-state index in [2.05, 4.69) is 36.1 Å². The van der Waals surface area contributed by atoms with Crippen LogP contribution >= 0.6 is 0 Å². The van der Waals surface area contributed by atoms with Crippen molar-refractivity contribution in [2.24, 2.45) is 0 Å². The number of fused-ring (bicyclic) bond motifs is 2. The summed E-state index contributed by atoms with van der Waals surface area (Å²) in [7, 11) is 1.66. The largest absolute Gasteiger partial charge is 0.497 e. The number of aromatic amines is 2. The molecule has 6 heterocycles. The molecule has 9 nitrogen and oxygen atoms in total. The minimum absolute atomic E-state index is 0.633. The van der Waals surface area contributed by atoms with E-state index >= 15 is 0 Å². The Morgan fingerprint density at radius 3 is 2.68 bits per heavy atom. The Labute approximate surface area is 219 Å². The minimum atomic E-state index is 0.633. The summed E-state index contributed by atoms with van der Waals surface area (Å²) in [5.74, 6) is 1.40. The first-order chi connectivity index (χ1) is 18.7. The van der Waals surface area contributed by atoms with E-state index in [1.165, 1.54) is 18.4 Å². The summed E-state index contributed by atoms with van der Waals surface area (Å²) in [4.78, 5) is 24.9. The molecule has 7 rings (SSSR count). The molecule has 0 radical (unpaired) electrons. The van der Waals surface area contributed by atoms with E-state index in [9.17, 15) is 0 Å². The van der Waals surface area contributed by atoms with Gasteiger partial charge >= 0.3 is 0 Å². The Kier molecular flexibility index (Phi) is 5.55. The Morgan fingerprint density at radius 2 is 1.79 bits per heavy atom. The summed E-state index contributed by atoms with van der Waals surface area (Å²) in [6.07, 6.45) is 8.14. The van der Waals surface area contributed by atoms with E-state index in [0.29, 0.717) is 11.5 Å². The van der Waals surface area contributed by atoms with Gasteiger partial charge in [0.15, 0.2) is 11.5 Å². The molecule has 0 unspecified atom stereocenters. The molecule has 1 saturated heterocycles. The van der Waals surface area contributed by atoms with Crippen LogP contribution in [0.15, 0.2) is 67.1 Å². The third-order valence-electron chi connectivity index (χ3n) is 7.07. The molecule has 38 heavy (non-hydrogen) atoms. The molecule has 1 aliphatic heterocycles. The minimum Gasteiger partial charge on any atom is -0.497 e. The van der Waals surface area contributed by atoms with Crippen molar-refractivity contribution in [3.63, 3.8) is 0 Å². The summed E-state index contributed by atoms with van der Waals surface area (Å²) in [6.45, 7) is 3.22. The van der Waals surface area contributed by atoms with Gasteiger partial charge in [-0.3, -0.25) is 20.0 Å². The van der Waals surface area contributed by atoms with Crippen LogP contribution in [0, 0.1) is 0 Å². The van der Waals surface area contributed by atoms with Gasteiger partial charge in [-0.1, -0.05) is 12.1 Å². The second-order valence-corrected chi connectivity index (χ2v) is 9.60. The molecule has 1 aromatic carbocycles. The fourth-order valence-electron chi connectivity index (χ4n) is 5.17. The van der Waals surface area contributed by atoms with E-state index in [-0.39, 0.29) is 0 Å². The predicted octanol–water partition coefficient (Wildman–Crippen LogP) is 5.23. The van der Waals surface area contributed by atoms with Crippen LogP contribution in [0.5, 0.6) is 5.75 Å². The van der Waals surface area contributed by atoms with Gasteiger partial charge in [-0.25, -0.2) is 9.97 Å². The van der Waals surface area contributed by atoms with Crippen LogP contribution < -0.4 is 4.74 Å². The fraction of sp³-hybridized carbons (Fsp3) is 0.207. The zero-order valence-electron chi connectivity index (χ0n) is 21.0. The maximum Gasteiger partial charge on any atom is 0.161 e. The first-order valence-electron chi connectivity index (χ1n) is 12.8. The molecule has 9 heteroatoms. The van der Waals surface area contributed by atoms with Gasteiger partial charge in [0.2, 0.25) is 0 Å². The predicted molar refractivity (Wildman–Crippen MR) is 147 cm³/mol. The van der Waals surface area contributed by atoms with Gasteiger partial charge in [0.05, 0.1) is 29.5 Å². The SMILES string of the molecule is COc1cccc(-c2nccc3[nH]c(-c4n[nH]c5ccc(-c6cncc(CN7CCCC7)c6)nc45)nc23)c1. The molecule has 188 valence electrons. The van der Waals surface area contributed by atoms with Crippen LogP contribution in [-0.4, -0.2) is 60.2 Å². The normalized spacial score (nSPS) is 14.0. The van der Waals surface area contributed by atoms with Gasteiger partial charge in [0, 0.05) is 36.3 Å². The molecule has 0 spiro atoms. The second kappa shape index (κ2) is 9.35. The molecule has 0 bridgehead atoms. The van der Waals surface area contributed by atoms with Crippen molar-refractivity contribution in [1.82, 2.24) is 40.0 Å². The van der Waals surface area contributed by atoms with Gasteiger partial charge in [-0.2, -0.15) is 5.10 Å². The first kappa shape index (κ1) is 22.6. The average molecular weight is 503 g/mol. The number of likely N-dealkylation sites (tertiary alicyclic amines) is 1. The summed E-state index contributed by atoms with van der Waals surface area (Å²) in [5, 5.41) is 7.67. The number of imidazole rings is 1. The third-order valence-corrected chi connectivity index (χ3v) is 7.07. The number of nitrogens with zero attached hydrogens (tertiary/aromatic N) is 6. The van der Waals surface area contributed by atoms with Crippen LogP contribution in [0.25, 0.3) is 56.1 Å². The number of aromatic nitrogens is 7. The lowest BCUT2D eigenvalue weighted by Gasteiger charge is -2.14. The zero-order valence-corrected chi connectivity index (χ0v) is 21.0. The molecule has 1 aliphatic rings. The van der Waals surface area contributed by atoms with Crippen molar-refractivity contribution >= 4 is 22.1 Å². The number of methoxy groups -OCH3 is 1. The van der Waals surface area contributed by atoms with Gasteiger partial charge < -0.3 is 9.72 Å². The van der Waals surface area contributed by atoms with Gasteiger partial charge in [-0.05, 0) is 67.9 Å². The van der Waals surface area contributed by atoms with E-state index in [1.807, 2.05) is 54.9 Å². The first-order valence-corrected chi connectivity index (χ1v) is 12.8. The highest BCUT2D eigenvalue weighted by molar-refractivity contribution is 5.95. The average Bonchev–Trinajstić information content (AvgIpc) is 3.72. The summed E-state index contributed by atoms with van der Waals surface area (Å²) in [5.41, 5.74) is 8.65. The number of hydrogen-bond acceptors (Lipinski definition) is 7. The van der Waals surface area contributed by atoms with E-state index in [4.69, 9.17) is 14.7 Å². The molecular weight excluding hydrogens is 476 g/mol. The monoisotopic (exact) mass is 502 g/mol. The molecule has 0 atom stereocenters. The fourth-order valence-corrected chi connectivity index (χ4v) is 5.17. The molecule has 2 N–H and O–H groups in total. The third kappa shape index (κ3) is 4.06. The number of pyridine rings is 3. The Hall–Kier alpha value is -4.63. The van der Waals surface area contributed by atoms with Crippen molar-refractivity contribution < 1.29 is 4.74 Å². The van der Waals surface area contributed by atoms with Crippen molar-refractivity contribution in [2.45, 2.75) is 19.4 Å². The highest BCUT2D eigenvalue weighted by Crippen LogP contribution is 2.32. The van der Waals surface area contributed by atoms with Crippen molar-refractivity contribution in [2.75, 3.05) is 20.2 Å². The zero-order chi connectivity index (χ0) is 25.5. The number of H-pyrrole nitrogens is 2. The summed E-state index contributed by atoms with van der Waals surface area (Å²) in [6, 6.07) is 15.9. The number of hydrogen-bond donors (Lipinski definition) is 2. The molecular formula is C29H26N8O. The van der Waals surface area contributed by atoms with Crippen LogP contribution in [0.3, 0.4) is 0 Å². The number of nitrogens with one attached hydrogen (secondary N) is 2. The molecule has 0 saturated carbocycles. The smallest absolute Gasteiger partial charge is 0.161 e. The summed E-state index contributed by atoms with van der Waals surface area (Å²) < 4.78 is 5.40. The van der Waals surface area contributed by atoms with Crippen molar-refractivity contribution in [3.05, 3.63) is 72.7 Å². The highest BCUT2D eigenvalue weighted by Gasteiger charge is 2.18. The number of ether oxygens (including phenoxy) is 1. The number of rotatable bonds is 6. The van der Waals surface area contributed by atoms with E-state index < -0.39 is 0 Å². The van der Waals surface area contributed by atoms with Gasteiger partial charge in [0.1, 0.15) is 16.8 Å². The summed E-state index contributed by atoms with van der Waals surface area (Å²) >= 11 is 0. The molecule has 1 fully saturated rings. The molecule has 5 aromatic heterocycles. The van der Waals surface area contributed by atoms with Crippen LogP contribution in [0.4, 0.5) is 0 Å². The van der Waals surface area contributed by atoms with Crippen LogP contribution in [0.1, 0.15) is 18.4 Å². The Morgan fingerprint density at radius 1 is 0.895 bits per heavy atom. The van der Waals surface area contributed by atoms with E-state index in [0.717, 1.165) is 70.0 Å². The van der Waals surface area contributed by atoms with Crippen molar-refractivity contribution in [3.8, 4) is 39.8 Å². The van der Waals surface area contributed by atoms with Gasteiger partial charge in [-0.15, -0.1) is 0 Å². The Balaban J connectivity index is 1.27. The second-order valence-electron chi connectivity index (χ2n) is 9.60. The van der Waals surface area contributed by atoms with Crippen LogP contribution in [0.2, 0.25) is 0 Å². The highest BCUT2D eigenvalue weighted by atomic mass is 16.5. The standard InChI is InChI=1S/C29H26N8O/c1-38-21-6-4-5-19(14-21)25-26-23(9-10-31-25)33-29(34-26)28-27-24(35-36-28)8-7-22(32-27)20-13-18(15-30-16-20)17-37-11-2-3-12-37/h4-10,13-16H,2-3,11-12,17H2,1H3,(H,33,34)(H,35,36). The topological polar surface area (TPSA) is 108 Å². The van der Waals surface area contributed by atoms with E-state index in [1.54, 1.807) is 13.3 Å². The maximum absolute atomic E-state index is 5.40. The maximum atomic E-state index is 5.40. The Bertz CT molecular complexity index is 1770. The van der Waals surface area contributed by atoms with Crippen molar-refractivity contribution in [1.29, 1.82) is 0 Å². The lowest BCUT2D eigenvalue weighted by molar-refractivity contribution is 0.331. The molecule has 6 aromatic rings. The lowest BCUT2D eigenvalue weighted by atomic mass is 10.1. The van der Waals surface area contributed by atoms with Gasteiger partial charge in [0.25, 0.3) is 0 Å². The van der Waals surface area contributed by atoms with Crippen LogP contribution in [-0.2, 0) is 6.54 Å². The molecule has 0 aliphatic carbocycles. The number of benzene rings is 1. The molecule has 0 amide bonds. The lowest BCUT2D eigenvalue weighted by Crippen LogP contribution is -2.18.